The molecule has 0 aromatic heterocycles. The van der Waals surface area contributed by atoms with Crippen LogP contribution in [-0.4, -0.2) is 11.9 Å². The third-order valence-electron chi connectivity index (χ3n) is 4.32. The van der Waals surface area contributed by atoms with E-state index in [0.717, 1.165) is 12.0 Å². The van der Waals surface area contributed by atoms with E-state index in [1.807, 2.05) is 0 Å². The Morgan fingerprint density at radius 3 is 2.35 bits per heavy atom. The molecule has 0 bridgehead atoms. The Bertz CT molecular complexity index is 751. The molecule has 0 atom stereocenters. The lowest BCUT2D eigenvalue weighted by atomic mass is 9.64. The maximum absolute atomic E-state index is 13.1. The first-order valence-corrected chi connectivity index (χ1v) is 7.39. The Morgan fingerprint density at radius 1 is 1.09 bits per heavy atom. The summed E-state index contributed by atoms with van der Waals surface area (Å²) in [5, 5.41) is 0. The zero-order valence-electron chi connectivity index (χ0n) is 12.4. The van der Waals surface area contributed by atoms with Gasteiger partial charge >= 0.3 is 5.97 Å². The monoisotopic (exact) mass is 313 g/mol. The number of esters is 1. The van der Waals surface area contributed by atoms with Crippen molar-refractivity contribution in [1.82, 2.24) is 0 Å². The van der Waals surface area contributed by atoms with Crippen LogP contribution in [0.25, 0.3) is 0 Å². The molecule has 2 aromatic rings. The molecule has 0 saturated heterocycles. The van der Waals surface area contributed by atoms with Gasteiger partial charge in [-0.05, 0) is 48.7 Å². The molecule has 118 valence electrons. The summed E-state index contributed by atoms with van der Waals surface area (Å²) in [5.41, 5.74) is 5.52. The molecule has 1 aliphatic rings. The Morgan fingerprint density at radius 2 is 1.78 bits per heavy atom. The second-order valence-corrected chi connectivity index (χ2v) is 5.72. The molecule has 0 radical (unpaired) electrons. The molecular formula is C18H16FNO3. The molecule has 1 saturated carbocycles. The summed E-state index contributed by atoms with van der Waals surface area (Å²) in [6.45, 7) is 0. The van der Waals surface area contributed by atoms with Crippen LogP contribution in [-0.2, 0) is 10.2 Å². The highest BCUT2D eigenvalue weighted by molar-refractivity contribution is 5.93. The Hall–Kier alpha value is -2.69. The predicted molar refractivity (Wildman–Crippen MR) is 82.5 cm³/mol. The normalized spacial score (nSPS) is 15.5. The molecule has 23 heavy (non-hydrogen) atoms. The highest BCUT2D eigenvalue weighted by Gasteiger charge is 2.47. The highest BCUT2D eigenvalue weighted by atomic mass is 19.1. The molecular weight excluding hydrogens is 297 g/mol. The lowest BCUT2D eigenvalue weighted by molar-refractivity contribution is -0.144. The maximum atomic E-state index is 13.1. The summed E-state index contributed by atoms with van der Waals surface area (Å²) >= 11 is 0. The first-order chi connectivity index (χ1) is 11.0. The minimum Gasteiger partial charge on any atom is -0.426 e. The summed E-state index contributed by atoms with van der Waals surface area (Å²) < 4.78 is 18.6. The number of halogens is 1. The molecule has 3 rings (SSSR count). The van der Waals surface area contributed by atoms with Crippen LogP contribution < -0.4 is 10.5 Å². The van der Waals surface area contributed by atoms with Crippen molar-refractivity contribution in [2.45, 2.75) is 24.7 Å². The van der Waals surface area contributed by atoms with Crippen LogP contribution in [0, 0.1) is 5.82 Å². The number of rotatable bonds is 4. The summed E-state index contributed by atoms with van der Waals surface area (Å²) in [6.07, 6.45) is 2.23. The van der Waals surface area contributed by atoms with Crippen LogP contribution in [0.1, 0.15) is 35.2 Å². The molecule has 5 heteroatoms. The van der Waals surface area contributed by atoms with E-state index in [4.69, 9.17) is 10.5 Å². The van der Waals surface area contributed by atoms with E-state index in [0.29, 0.717) is 12.8 Å². The number of primary amides is 1. The summed E-state index contributed by atoms with van der Waals surface area (Å²) in [6, 6.07) is 12.1. The second-order valence-electron chi connectivity index (χ2n) is 5.72. The number of amides is 1. The van der Waals surface area contributed by atoms with Crippen LogP contribution in [0.15, 0.2) is 48.5 Å². The first-order valence-electron chi connectivity index (χ1n) is 7.39. The topological polar surface area (TPSA) is 69.4 Å². The molecule has 0 aliphatic heterocycles. The fourth-order valence-electron chi connectivity index (χ4n) is 2.83. The standard InChI is InChI=1S/C18H16FNO3/c19-14-7-5-13(6-8-14)18(9-2-10-18)17(22)23-15-4-1-3-12(11-15)16(20)21/h1,3-8,11H,2,9-10H2,(H2,20,21). The van der Waals surface area contributed by atoms with E-state index in [1.54, 1.807) is 30.3 Å². The van der Waals surface area contributed by atoms with Crippen molar-refractivity contribution >= 4 is 11.9 Å². The molecule has 1 aliphatic carbocycles. The lowest BCUT2D eigenvalue weighted by Gasteiger charge is -2.39. The van der Waals surface area contributed by atoms with Gasteiger partial charge in [0.1, 0.15) is 11.6 Å². The van der Waals surface area contributed by atoms with Crippen molar-refractivity contribution < 1.29 is 18.7 Å². The molecule has 2 aromatic carbocycles. The van der Waals surface area contributed by atoms with E-state index in [1.165, 1.54) is 18.2 Å². The molecule has 4 nitrogen and oxygen atoms in total. The second kappa shape index (κ2) is 5.83. The van der Waals surface area contributed by atoms with Gasteiger partial charge in [-0.25, -0.2) is 4.39 Å². The van der Waals surface area contributed by atoms with Gasteiger partial charge in [0.25, 0.3) is 0 Å². The van der Waals surface area contributed by atoms with Gasteiger partial charge in [0, 0.05) is 5.56 Å². The summed E-state index contributed by atoms with van der Waals surface area (Å²) in [5.74, 6) is -1.04. The van der Waals surface area contributed by atoms with Crippen molar-refractivity contribution in [3.8, 4) is 5.75 Å². The SMILES string of the molecule is NC(=O)c1cccc(OC(=O)C2(c3ccc(F)cc3)CCC2)c1. The van der Waals surface area contributed by atoms with Gasteiger partial charge in [0.15, 0.2) is 0 Å². The lowest BCUT2D eigenvalue weighted by Crippen LogP contribution is -2.45. The van der Waals surface area contributed by atoms with Crippen LogP contribution in [0.4, 0.5) is 4.39 Å². The molecule has 1 amide bonds. The van der Waals surface area contributed by atoms with E-state index in [9.17, 15) is 14.0 Å². The average molecular weight is 313 g/mol. The number of carbonyl (C=O) groups excluding carboxylic acids is 2. The van der Waals surface area contributed by atoms with Crippen molar-refractivity contribution in [2.24, 2.45) is 5.73 Å². The van der Waals surface area contributed by atoms with Crippen LogP contribution >= 0.6 is 0 Å². The number of hydrogen-bond donors (Lipinski definition) is 1. The first kappa shape index (κ1) is 15.2. The quantitative estimate of drug-likeness (QED) is 0.697. The Labute approximate surface area is 133 Å². The fourth-order valence-corrected chi connectivity index (χ4v) is 2.83. The molecule has 0 heterocycles. The third-order valence-corrected chi connectivity index (χ3v) is 4.32. The molecule has 1 fully saturated rings. The largest absolute Gasteiger partial charge is 0.426 e. The van der Waals surface area contributed by atoms with Gasteiger partial charge in [-0.15, -0.1) is 0 Å². The molecule has 0 unspecified atom stereocenters. The number of benzene rings is 2. The maximum Gasteiger partial charge on any atom is 0.321 e. The highest BCUT2D eigenvalue weighted by Crippen LogP contribution is 2.45. The van der Waals surface area contributed by atoms with E-state index < -0.39 is 17.3 Å². The number of carbonyl (C=O) groups is 2. The predicted octanol–water partition coefficient (Wildman–Crippen LogP) is 2.95. The minimum absolute atomic E-state index is 0.277. The summed E-state index contributed by atoms with van der Waals surface area (Å²) in [4.78, 5) is 23.9. The number of ether oxygens (including phenoxy) is 1. The van der Waals surface area contributed by atoms with Gasteiger partial charge in [-0.3, -0.25) is 9.59 Å². The smallest absolute Gasteiger partial charge is 0.321 e. The number of nitrogens with two attached hydrogens (primary N) is 1. The Balaban J connectivity index is 1.85. The third kappa shape index (κ3) is 2.82. The molecule has 0 spiro atoms. The van der Waals surface area contributed by atoms with Gasteiger partial charge in [-0.2, -0.15) is 0 Å². The van der Waals surface area contributed by atoms with Crippen molar-refractivity contribution in [1.29, 1.82) is 0 Å². The number of hydrogen-bond acceptors (Lipinski definition) is 3. The van der Waals surface area contributed by atoms with E-state index in [-0.39, 0.29) is 17.1 Å². The van der Waals surface area contributed by atoms with Crippen molar-refractivity contribution in [3.63, 3.8) is 0 Å². The van der Waals surface area contributed by atoms with Crippen molar-refractivity contribution in [2.75, 3.05) is 0 Å². The van der Waals surface area contributed by atoms with Crippen LogP contribution in [0.2, 0.25) is 0 Å². The van der Waals surface area contributed by atoms with Crippen LogP contribution in [0.5, 0.6) is 5.75 Å². The zero-order chi connectivity index (χ0) is 16.4. The van der Waals surface area contributed by atoms with Gasteiger partial charge in [0.2, 0.25) is 5.91 Å². The minimum atomic E-state index is -0.740. The van der Waals surface area contributed by atoms with Gasteiger partial charge in [0.05, 0.1) is 5.41 Å². The van der Waals surface area contributed by atoms with Crippen molar-refractivity contribution in [3.05, 3.63) is 65.5 Å². The fraction of sp³-hybridized carbons (Fsp3) is 0.222. The zero-order valence-corrected chi connectivity index (χ0v) is 12.4. The molecule has 2 N–H and O–H groups in total. The van der Waals surface area contributed by atoms with Crippen LogP contribution in [0.3, 0.4) is 0 Å². The Kier molecular flexibility index (Phi) is 3.86. The van der Waals surface area contributed by atoms with Gasteiger partial charge in [-0.1, -0.05) is 24.6 Å². The van der Waals surface area contributed by atoms with E-state index >= 15 is 0 Å². The average Bonchev–Trinajstić information content (AvgIpc) is 2.48. The van der Waals surface area contributed by atoms with E-state index in [2.05, 4.69) is 0 Å². The van der Waals surface area contributed by atoms with Gasteiger partial charge < -0.3 is 10.5 Å². The summed E-state index contributed by atoms with van der Waals surface area (Å²) in [7, 11) is 0.